The van der Waals surface area contributed by atoms with Crippen molar-refractivity contribution in [1.82, 2.24) is 19.9 Å². The number of hydrogen-bond donors (Lipinski definition) is 0. The fourth-order valence-electron chi connectivity index (χ4n) is 2.76. The maximum Gasteiger partial charge on any atom is 0.169 e. The Balaban J connectivity index is 1.50. The van der Waals surface area contributed by atoms with Gasteiger partial charge in [0.2, 0.25) is 0 Å². The van der Waals surface area contributed by atoms with Gasteiger partial charge in [-0.15, -0.1) is 11.3 Å². The highest BCUT2D eigenvalue weighted by atomic mass is 79.9. The number of pyridine rings is 1. The van der Waals surface area contributed by atoms with Gasteiger partial charge in [0.25, 0.3) is 0 Å². The summed E-state index contributed by atoms with van der Waals surface area (Å²) in [6.45, 7) is 2.75. The van der Waals surface area contributed by atoms with Gasteiger partial charge in [-0.05, 0) is 39.5 Å². The number of halogens is 1. The van der Waals surface area contributed by atoms with Gasteiger partial charge >= 0.3 is 0 Å². The lowest BCUT2D eigenvalue weighted by molar-refractivity contribution is 0.240. The average molecular weight is 387 g/mol. The molecule has 116 valence electrons. The second-order valence-electron chi connectivity index (χ2n) is 5.57. The maximum atomic E-state index is 4.76. The molecule has 0 saturated carbocycles. The molecule has 3 aromatic rings. The number of nitrogens with zero attached hydrogens (tertiary/aromatic N) is 4. The minimum atomic E-state index is 0.849. The van der Waals surface area contributed by atoms with E-state index in [1.807, 2.05) is 24.5 Å². The summed E-state index contributed by atoms with van der Waals surface area (Å²) >= 11 is 5.11. The molecule has 4 heterocycles. The van der Waals surface area contributed by atoms with E-state index in [0.29, 0.717) is 0 Å². The fraction of sp³-hybridized carbons (Fsp3) is 0.235. The zero-order valence-corrected chi connectivity index (χ0v) is 14.8. The van der Waals surface area contributed by atoms with E-state index in [4.69, 9.17) is 4.98 Å². The molecule has 0 radical (unpaired) electrons. The molecule has 0 bridgehead atoms. The molecule has 0 saturated heterocycles. The van der Waals surface area contributed by atoms with E-state index in [9.17, 15) is 0 Å². The fourth-order valence-corrected chi connectivity index (χ4v) is 3.66. The highest BCUT2D eigenvalue weighted by Gasteiger charge is 2.19. The number of thiophene rings is 1. The predicted molar refractivity (Wildman–Crippen MR) is 95.1 cm³/mol. The van der Waals surface area contributed by atoms with Crippen LogP contribution in [0.15, 0.2) is 46.5 Å². The van der Waals surface area contributed by atoms with Crippen molar-refractivity contribution < 1.29 is 0 Å². The highest BCUT2D eigenvalue weighted by molar-refractivity contribution is 9.10. The van der Waals surface area contributed by atoms with Crippen molar-refractivity contribution in [2.75, 3.05) is 6.54 Å². The van der Waals surface area contributed by atoms with Gasteiger partial charge in [-0.25, -0.2) is 9.97 Å². The third kappa shape index (κ3) is 3.34. The molecule has 0 N–H and O–H groups in total. The number of hydrogen-bond acceptors (Lipinski definition) is 5. The minimum Gasteiger partial charge on any atom is -0.293 e. The van der Waals surface area contributed by atoms with Gasteiger partial charge in [-0.3, -0.25) is 9.88 Å². The van der Waals surface area contributed by atoms with Crippen LogP contribution < -0.4 is 0 Å². The molecule has 0 aliphatic carbocycles. The number of fused-ring (bicyclic) bond motifs is 1. The lowest BCUT2D eigenvalue weighted by atomic mass is 10.1. The Bertz CT molecular complexity index is 802. The number of aromatic nitrogens is 3. The van der Waals surface area contributed by atoms with Crippen molar-refractivity contribution in [1.29, 1.82) is 0 Å². The van der Waals surface area contributed by atoms with Crippen molar-refractivity contribution in [2.45, 2.75) is 19.5 Å². The van der Waals surface area contributed by atoms with Gasteiger partial charge in [-0.1, -0.05) is 6.07 Å². The Kier molecular flexibility index (Phi) is 4.20. The molecular formula is C17H15BrN4S. The summed E-state index contributed by atoms with van der Waals surface area (Å²) in [5.41, 5.74) is 3.50. The van der Waals surface area contributed by atoms with E-state index in [2.05, 4.69) is 48.3 Å². The van der Waals surface area contributed by atoms with Crippen LogP contribution in [0.25, 0.3) is 10.7 Å². The molecule has 0 fully saturated rings. The third-order valence-electron chi connectivity index (χ3n) is 3.93. The van der Waals surface area contributed by atoms with Crippen LogP contribution >= 0.6 is 27.3 Å². The van der Waals surface area contributed by atoms with Crippen LogP contribution in [0.1, 0.15) is 17.0 Å². The summed E-state index contributed by atoms with van der Waals surface area (Å²) in [5, 5.41) is 2.06. The first kappa shape index (κ1) is 14.9. The Morgan fingerprint density at radius 3 is 2.91 bits per heavy atom. The Hall–Kier alpha value is -1.63. The van der Waals surface area contributed by atoms with E-state index in [0.717, 1.165) is 46.9 Å². The molecule has 6 heteroatoms. The molecule has 0 unspecified atom stereocenters. The summed E-state index contributed by atoms with van der Waals surface area (Å²) in [6.07, 6.45) is 4.80. The zero-order valence-electron chi connectivity index (χ0n) is 12.4. The molecule has 0 amide bonds. The highest BCUT2D eigenvalue weighted by Crippen LogP contribution is 2.24. The Morgan fingerprint density at radius 1 is 1.17 bits per heavy atom. The lowest BCUT2D eigenvalue weighted by Gasteiger charge is -2.27. The van der Waals surface area contributed by atoms with Crippen LogP contribution in [0.4, 0.5) is 0 Å². The first-order valence-electron chi connectivity index (χ1n) is 7.49. The van der Waals surface area contributed by atoms with Crippen LogP contribution in [0.5, 0.6) is 0 Å². The largest absolute Gasteiger partial charge is 0.293 e. The summed E-state index contributed by atoms with van der Waals surface area (Å²) < 4.78 is 1.01. The minimum absolute atomic E-state index is 0.849. The standard InChI is InChI=1S/C17H15BrN4S/c18-13-3-4-14(19-9-13)11-22-6-5-15-12(10-22)8-20-17(21-15)16-2-1-7-23-16/h1-4,7-9H,5-6,10-11H2. The monoisotopic (exact) mass is 386 g/mol. The van der Waals surface area contributed by atoms with Crippen LogP contribution in [-0.2, 0) is 19.5 Å². The maximum absolute atomic E-state index is 4.76. The molecule has 23 heavy (non-hydrogen) atoms. The van der Waals surface area contributed by atoms with Gasteiger partial charge < -0.3 is 0 Å². The molecule has 1 aliphatic heterocycles. The SMILES string of the molecule is Brc1ccc(CN2CCc3nc(-c4cccs4)ncc3C2)nc1. The lowest BCUT2D eigenvalue weighted by Crippen LogP contribution is -2.31. The van der Waals surface area contributed by atoms with Gasteiger partial charge in [0.15, 0.2) is 5.82 Å². The third-order valence-corrected chi connectivity index (χ3v) is 5.26. The van der Waals surface area contributed by atoms with Crippen LogP contribution in [0, 0.1) is 0 Å². The normalized spacial score (nSPS) is 14.7. The topological polar surface area (TPSA) is 41.9 Å². The summed E-state index contributed by atoms with van der Waals surface area (Å²) in [7, 11) is 0. The molecule has 1 aliphatic rings. The van der Waals surface area contributed by atoms with E-state index >= 15 is 0 Å². The van der Waals surface area contributed by atoms with Gasteiger partial charge in [0, 0.05) is 48.5 Å². The zero-order chi connectivity index (χ0) is 15.6. The molecule has 0 atom stereocenters. The molecule has 0 aromatic carbocycles. The molecule has 3 aromatic heterocycles. The molecule has 4 rings (SSSR count). The molecule has 4 nitrogen and oxygen atoms in total. The Labute approximate surface area is 147 Å². The first-order chi connectivity index (χ1) is 11.3. The second-order valence-corrected chi connectivity index (χ2v) is 7.43. The molecule has 0 spiro atoms. The van der Waals surface area contributed by atoms with E-state index in [-0.39, 0.29) is 0 Å². The van der Waals surface area contributed by atoms with Crippen molar-refractivity contribution >= 4 is 27.3 Å². The predicted octanol–water partition coefficient (Wildman–Crippen LogP) is 3.92. The van der Waals surface area contributed by atoms with E-state index in [1.54, 1.807) is 11.3 Å². The average Bonchev–Trinajstić information content (AvgIpc) is 3.11. The van der Waals surface area contributed by atoms with Crippen LogP contribution in [-0.4, -0.2) is 26.4 Å². The first-order valence-corrected chi connectivity index (χ1v) is 9.17. The summed E-state index contributed by atoms with van der Waals surface area (Å²) in [4.78, 5) is 17.3. The van der Waals surface area contributed by atoms with E-state index < -0.39 is 0 Å². The van der Waals surface area contributed by atoms with Crippen molar-refractivity contribution in [3.8, 4) is 10.7 Å². The van der Waals surface area contributed by atoms with Crippen LogP contribution in [0.3, 0.4) is 0 Å². The van der Waals surface area contributed by atoms with Crippen LogP contribution in [0.2, 0.25) is 0 Å². The van der Waals surface area contributed by atoms with Crippen molar-refractivity contribution in [3.63, 3.8) is 0 Å². The Morgan fingerprint density at radius 2 is 2.13 bits per heavy atom. The molecular weight excluding hydrogens is 372 g/mol. The van der Waals surface area contributed by atoms with Gasteiger partial charge in [0.05, 0.1) is 16.3 Å². The van der Waals surface area contributed by atoms with Gasteiger partial charge in [-0.2, -0.15) is 0 Å². The van der Waals surface area contributed by atoms with E-state index in [1.165, 1.54) is 11.3 Å². The number of rotatable bonds is 3. The summed E-state index contributed by atoms with van der Waals surface area (Å²) in [6, 6.07) is 8.21. The van der Waals surface area contributed by atoms with Crippen molar-refractivity contribution in [2.24, 2.45) is 0 Å². The van der Waals surface area contributed by atoms with Crippen molar-refractivity contribution in [3.05, 3.63) is 63.5 Å². The smallest absolute Gasteiger partial charge is 0.169 e. The quantitative estimate of drug-likeness (QED) is 0.683. The second kappa shape index (κ2) is 6.47. The summed E-state index contributed by atoms with van der Waals surface area (Å²) in [5.74, 6) is 0.849. The van der Waals surface area contributed by atoms with Gasteiger partial charge in [0.1, 0.15) is 0 Å².